The first-order chi connectivity index (χ1) is 8.72. The molecule has 1 aliphatic carbocycles. The van der Waals surface area contributed by atoms with E-state index in [1.54, 1.807) is 7.11 Å². The van der Waals surface area contributed by atoms with E-state index >= 15 is 0 Å². The van der Waals surface area contributed by atoms with Gasteiger partial charge in [-0.25, -0.2) is 0 Å². The summed E-state index contributed by atoms with van der Waals surface area (Å²) in [4.78, 5) is 2.56. The molecule has 18 heavy (non-hydrogen) atoms. The summed E-state index contributed by atoms with van der Waals surface area (Å²) < 4.78 is 5.28. The second kappa shape index (κ2) is 6.10. The second-order valence-electron chi connectivity index (χ2n) is 5.12. The highest BCUT2D eigenvalue weighted by Gasteiger charge is 2.21. The first-order valence-electron chi connectivity index (χ1n) is 6.90. The maximum Gasteiger partial charge on any atom is 0.121 e. The molecular weight excluding hydrogens is 224 g/mol. The summed E-state index contributed by atoms with van der Waals surface area (Å²) in [6.45, 7) is 4.31. The molecule has 1 fully saturated rings. The Balaban J connectivity index is 2.08. The van der Waals surface area contributed by atoms with Crippen LogP contribution in [0, 0.1) is 0 Å². The van der Waals surface area contributed by atoms with E-state index in [1.807, 2.05) is 6.07 Å². The van der Waals surface area contributed by atoms with Crippen LogP contribution in [0.3, 0.4) is 0 Å². The zero-order valence-electron chi connectivity index (χ0n) is 11.5. The van der Waals surface area contributed by atoms with E-state index in [0.717, 1.165) is 30.6 Å². The van der Waals surface area contributed by atoms with Crippen molar-refractivity contribution in [2.45, 2.75) is 45.2 Å². The Hall–Kier alpha value is -1.22. The van der Waals surface area contributed by atoms with Gasteiger partial charge in [0.25, 0.3) is 0 Å². The molecule has 1 saturated carbocycles. The minimum absolute atomic E-state index is 0.752. The molecule has 0 saturated heterocycles. The van der Waals surface area contributed by atoms with Gasteiger partial charge < -0.3 is 10.5 Å². The van der Waals surface area contributed by atoms with Crippen molar-refractivity contribution in [1.82, 2.24) is 4.90 Å². The lowest BCUT2D eigenvalue weighted by atomic mass is 10.1. The molecule has 0 amide bonds. The van der Waals surface area contributed by atoms with Gasteiger partial charge >= 0.3 is 0 Å². The van der Waals surface area contributed by atoms with Gasteiger partial charge in [-0.15, -0.1) is 0 Å². The molecule has 1 aromatic carbocycles. The summed E-state index contributed by atoms with van der Waals surface area (Å²) in [6.07, 6.45) is 5.43. The summed E-state index contributed by atoms with van der Waals surface area (Å²) in [5.41, 5.74) is 7.94. The monoisotopic (exact) mass is 248 g/mol. The first kappa shape index (κ1) is 13.2. The van der Waals surface area contributed by atoms with Crippen molar-refractivity contribution >= 4 is 5.69 Å². The van der Waals surface area contributed by atoms with E-state index in [-0.39, 0.29) is 0 Å². The maximum absolute atomic E-state index is 5.91. The molecule has 0 radical (unpaired) electrons. The van der Waals surface area contributed by atoms with Crippen LogP contribution in [0.1, 0.15) is 38.2 Å². The molecule has 1 aromatic rings. The zero-order chi connectivity index (χ0) is 13.0. The van der Waals surface area contributed by atoms with Gasteiger partial charge in [0.15, 0.2) is 0 Å². The van der Waals surface area contributed by atoms with Crippen LogP contribution in [0.25, 0.3) is 0 Å². The van der Waals surface area contributed by atoms with Crippen molar-refractivity contribution < 1.29 is 4.74 Å². The Bertz CT molecular complexity index is 386. The third-order valence-corrected chi connectivity index (χ3v) is 3.86. The number of hydrogen-bond acceptors (Lipinski definition) is 3. The van der Waals surface area contributed by atoms with E-state index in [9.17, 15) is 0 Å². The van der Waals surface area contributed by atoms with E-state index in [2.05, 4.69) is 24.0 Å². The van der Waals surface area contributed by atoms with Crippen LogP contribution in [0.15, 0.2) is 18.2 Å². The number of nitrogen functional groups attached to an aromatic ring is 1. The van der Waals surface area contributed by atoms with Crippen molar-refractivity contribution in [2.75, 3.05) is 19.4 Å². The van der Waals surface area contributed by atoms with Gasteiger partial charge in [0.2, 0.25) is 0 Å². The molecule has 0 aliphatic heterocycles. The van der Waals surface area contributed by atoms with Crippen LogP contribution < -0.4 is 10.5 Å². The topological polar surface area (TPSA) is 38.5 Å². The van der Waals surface area contributed by atoms with Crippen molar-refractivity contribution in [3.8, 4) is 5.75 Å². The smallest absolute Gasteiger partial charge is 0.121 e. The van der Waals surface area contributed by atoms with E-state index < -0.39 is 0 Å². The van der Waals surface area contributed by atoms with Crippen molar-refractivity contribution in [3.63, 3.8) is 0 Å². The van der Waals surface area contributed by atoms with Crippen molar-refractivity contribution in [3.05, 3.63) is 23.8 Å². The number of ether oxygens (including phenoxy) is 1. The lowest BCUT2D eigenvalue weighted by molar-refractivity contribution is 0.200. The lowest BCUT2D eigenvalue weighted by Crippen LogP contribution is -2.32. The lowest BCUT2D eigenvalue weighted by Gasteiger charge is -2.27. The second-order valence-corrected chi connectivity index (χ2v) is 5.12. The number of nitrogens with zero attached hydrogens (tertiary/aromatic N) is 1. The van der Waals surface area contributed by atoms with Crippen LogP contribution in [0.2, 0.25) is 0 Å². The highest BCUT2D eigenvalue weighted by molar-refractivity contribution is 5.47. The molecule has 0 unspecified atom stereocenters. The molecule has 0 spiro atoms. The largest absolute Gasteiger partial charge is 0.497 e. The summed E-state index contributed by atoms with van der Waals surface area (Å²) in [7, 11) is 1.69. The highest BCUT2D eigenvalue weighted by Crippen LogP contribution is 2.26. The summed E-state index contributed by atoms with van der Waals surface area (Å²) in [6, 6.07) is 6.77. The SMILES string of the molecule is CCN(Cc1cc(N)cc(OC)c1)C1CCCC1. The van der Waals surface area contributed by atoms with Gasteiger partial charge in [-0.1, -0.05) is 19.8 Å². The Kier molecular flexibility index (Phi) is 4.48. The van der Waals surface area contributed by atoms with Crippen molar-refractivity contribution in [1.29, 1.82) is 0 Å². The predicted octanol–water partition coefficient (Wildman–Crippen LogP) is 3.04. The van der Waals surface area contributed by atoms with Gasteiger partial charge in [0.05, 0.1) is 7.11 Å². The van der Waals surface area contributed by atoms with Gasteiger partial charge in [-0.3, -0.25) is 4.90 Å². The number of methoxy groups -OCH3 is 1. The summed E-state index contributed by atoms with van der Waals surface area (Å²) in [5.74, 6) is 0.854. The number of hydrogen-bond donors (Lipinski definition) is 1. The van der Waals surface area contributed by atoms with Gasteiger partial charge in [-0.2, -0.15) is 0 Å². The Morgan fingerprint density at radius 3 is 2.61 bits per heavy atom. The fraction of sp³-hybridized carbons (Fsp3) is 0.600. The number of nitrogens with two attached hydrogens (primary N) is 1. The normalized spacial score (nSPS) is 16.4. The van der Waals surface area contributed by atoms with Crippen LogP contribution in [0.4, 0.5) is 5.69 Å². The summed E-state index contributed by atoms with van der Waals surface area (Å²) in [5, 5.41) is 0. The van der Waals surface area contributed by atoms with Gasteiger partial charge in [0.1, 0.15) is 5.75 Å². The predicted molar refractivity (Wildman–Crippen MR) is 75.7 cm³/mol. The fourth-order valence-corrected chi connectivity index (χ4v) is 2.90. The standard InChI is InChI=1S/C15H24N2O/c1-3-17(14-6-4-5-7-14)11-12-8-13(16)10-15(9-12)18-2/h8-10,14H,3-7,11,16H2,1-2H3. The molecule has 0 aromatic heterocycles. The molecule has 100 valence electrons. The first-order valence-corrected chi connectivity index (χ1v) is 6.90. The molecule has 0 heterocycles. The molecule has 2 rings (SSSR count). The molecule has 2 N–H and O–H groups in total. The van der Waals surface area contributed by atoms with Crippen LogP contribution in [0.5, 0.6) is 5.75 Å². The minimum Gasteiger partial charge on any atom is -0.497 e. The van der Waals surface area contributed by atoms with Crippen molar-refractivity contribution in [2.24, 2.45) is 0 Å². The maximum atomic E-state index is 5.91. The number of benzene rings is 1. The summed E-state index contributed by atoms with van der Waals surface area (Å²) >= 11 is 0. The van der Waals surface area contributed by atoms with E-state index in [0.29, 0.717) is 0 Å². The van der Waals surface area contributed by atoms with Crippen LogP contribution >= 0.6 is 0 Å². The highest BCUT2D eigenvalue weighted by atomic mass is 16.5. The molecule has 0 atom stereocenters. The van der Waals surface area contributed by atoms with Crippen LogP contribution in [-0.2, 0) is 6.54 Å². The average Bonchev–Trinajstić information content (AvgIpc) is 2.89. The third kappa shape index (κ3) is 3.16. The zero-order valence-corrected chi connectivity index (χ0v) is 11.5. The minimum atomic E-state index is 0.752. The van der Waals surface area contributed by atoms with Gasteiger partial charge in [0, 0.05) is 24.3 Å². The fourth-order valence-electron chi connectivity index (χ4n) is 2.90. The molecule has 1 aliphatic rings. The van der Waals surface area contributed by atoms with Gasteiger partial charge in [-0.05, 0) is 37.1 Å². The van der Waals surface area contributed by atoms with E-state index in [4.69, 9.17) is 10.5 Å². The Morgan fingerprint density at radius 2 is 2.00 bits per heavy atom. The molecule has 0 bridgehead atoms. The molecular formula is C15H24N2O. The Morgan fingerprint density at radius 1 is 1.28 bits per heavy atom. The van der Waals surface area contributed by atoms with Crippen LogP contribution in [-0.4, -0.2) is 24.6 Å². The molecule has 3 nitrogen and oxygen atoms in total. The average molecular weight is 248 g/mol. The Labute approximate surface area is 110 Å². The molecule has 3 heteroatoms. The number of anilines is 1. The third-order valence-electron chi connectivity index (χ3n) is 3.86. The quantitative estimate of drug-likeness (QED) is 0.814. The van der Waals surface area contributed by atoms with E-state index in [1.165, 1.54) is 31.2 Å². The number of rotatable bonds is 5.